The number of hydrogen-bond donors (Lipinski definition) is 0. The Labute approximate surface area is 306 Å². The number of hydrogen-bond acceptors (Lipinski definition) is 3. The summed E-state index contributed by atoms with van der Waals surface area (Å²) in [6, 6.07) is 51.3. The fraction of sp³-hybridized carbons (Fsp3) is 0.0204. The standard InChI is InChI=1S/C49H33N3O/c1-3-5-18-35(4-2)52-43-24-11-10-21-38(43)41-29-33(25-27-44(41)52)34-26-28-45-42(30-34)47-48(53-45)46(39-22-12-16-31-14-6-8-19-36(31)39)50-49(51-47)40-23-13-17-32-15-7-9-20-37(32)40/h3-30H,1H2,2H3/b18-5-,35-4+. The van der Waals surface area contributed by atoms with Crippen molar-refractivity contribution in [1.82, 2.24) is 14.5 Å². The number of aromatic nitrogens is 3. The molecule has 0 amide bonds. The number of allylic oxidation sites excluding steroid dienone is 5. The minimum atomic E-state index is 0.671. The van der Waals surface area contributed by atoms with Gasteiger partial charge in [0.05, 0.1) is 11.0 Å². The Kier molecular flexibility index (Phi) is 7.15. The van der Waals surface area contributed by atoms with Crippen LogP contribution < -0.4 is 0 Å². The topological polar surface area (TPSA) is 43.9 Å². The first-order valence-electron chi connectivity index (χ1n) is 17.9. The van der Waals surface area contributed by atoms with E-state index in [-0.39, 0.29) is 0 Å². The monoisotopic (exact) mass is 679 g/mol. The van der Waals surface area contributed by atoms with Crippen molar-refractivity contribution in [3.8, 4) is 33.8 Å². The predicted molar refractivity (Wildman–Crippen MR) is 223 cm³/mol. The first kappa shape index (κ1) is 30.8. The molecule has 0 aliphatic heterocycles. The molecule has 0 aliphatic rings. The highest BCUT2D eigenvalue weighted by atomic mass is 16.3. The van der Waals surface area contributed by atoms with E-state index in [1.165, 1.54) is 10.8 Å². The molecular weight excluding hydrogens is 647 g/mol. The largest absolute Gasteiger partial charge is 0.452 e. The van der Waals surface area contributed by atoms with Crippen LogP contribution in [0.15, 0.2) is 181 Å². The average Bonchev–Trinajstić information content (AvgIpc) is 3.75. The molecule has 53 heavy (non-hydrogen) atoms. The van der Waals surface area contributed by atoms with Crippen LogP contribution in [0, 0.1) is 0 Å². The van der Waals surface area contributed by atoms with Crippen molar-refractivity contribution in [2.75, 3.05) is 0 Å². The third-order valence-corrected chi connectivity index (χ3v) is 10.4. The van der Waals surface area contributed by atoms with Gasteiger partial charge in [0.25, 0.3) is 0 Å². The van der Waals surface area contributed by atoms with Crippen molar-refractivity contribution in [3.63, 3.8) is 0 Å². The van der Waals surface area contributed by atoms with Gasteiger partial charge in [-0.2, -0.15) is 0 Å². The summed E-state index contributed by atoms with van der Waals surface area (Å²) < 4.78 is 9.03. The Balaban J connectivity index is 1.22. The van der Waals surface area contributed by atoms with E-state index in [4.69, 9.17) is 14.4 Å². The quantitative estimate of drug-likeness (QED) is 0.164. The molecule has 10 aromatic rings. The van der Waals surface area contributed by atoms with Crippen molar-refractivity contribution >= 4 is 71.1 Å². The number of rotatable bonds is 6. The van der Waals surface area contributed by atoms with Crippen LogP contribution >= 0.6 is 0 Å². The maximum Gasteiger partial charge on any atom is 0.180 e. The summed E-state index contributed by atoms with van der Waals surface area (Å²) in [6.07, 6.45) is 8.03. The molecule has 0 atom stereocenters. The zero-order valence-electron chi connectivity index (χ0n) is 29.1. The second-order valence-electron chi connectivity index (χ2n) is 13.3. The van der Waals surface area contributed by atoms with Crippen molar-refractivity contribution in [2.45, 2.75) is 6.92 Å². The van der Waals surface area contributed by atoms with Crippen molar-refractivity contribution in [3.05, 3.63) is 176 Å². The van der Waals surface area contributed by atoms with Gasteiger partial charge in [0.15, 0.2) is 11.4 Å². The number of nitrogens with zero attached hydrogens (tertiary/aromatic N) is 3. The van der Waals surface area contributed by atoms with E-state index in [1.54, 1.807) is 0 Å². The van der Waals surface area contributed by atoms with Gasteiger partial charge in [0, 0.05) is 33.0 Å². The second kappa shape index (κ2) is 12.3. The molecule has 4 nitrogen and oxygen atoms in total. The van der Waals surface area contributed by atoms with Gasteiger partial charge in [-0.1, -0.05) is 140 Å². The van der Waals surface area contributed by atoms with Crippen LogP contribution in [0.1, 0.15) is 6.92 Å². The molecule has 250 valence electrons. The highest BCUT2D eigenvalue weighted by Gasteiger charge is 2.21. The highest BCUT2D eigenvalue weighted by Crippen LogP contribution is 2.41. The maximum absolute atomic E-state index is 6.71. The molecule has 0 bridgehead atoms. The molecule has 7 aromatic carbocycles. The summed E-state index contributed by atoms with van der Waals surface area (Å²) in [7, 11) is 0. The van der Waals surface area contributed by atoms with Gasteiger partial charge >= 0.3 is 0 Å². The Hall–Kier alpha value is -7.04. The Morgan fingerprint density at radius 1 is 0.604 bits per heavy atom. The molecule has 0 N–H and O–H groups in total. The number of fused-ring (bicyclic) bond motifs is 8. The maximum atomic E-state index is 6.71. The van der Waals surface area contributed by atoms with Crippen LogP contribution in [-0.2, 0) is 0 Å². The van der Waals surface area contributed by atoms with Gasteiger partial charge in [0.1, 0.15) is 16.8 Å². The van der Waals surface area contributed by atoms with Gasteiger partial charge < -0.3 is 8.98 Å². The van der Waals surface area contributed by atoms with Crippen LogP contribution in [-0.4, -0.2) is 14.5 Å². The third kappa shape index (κ3) is 4.91. The molecule has 3 aromatic heterocycles. The Bertz CT molecular complexity index is 3150. The van der Waals surface area contributed by atoms with E-state index in [2.05, 4.69) is 176 Å². The summed E-state index contributed by atoms with van der Waals surface area (Å²) in [6.45, 7) is 5.95. The molecule has 0 saturated carbocycles. The molecule has 0 saturated heterocycles. The molecule has 4 heteroatoms. The van der Waals surface area contributed by atoms with Crippen LogP contribution in [0.2, 0.25) is 0 Å². The number of para-hydroxylation sites is 1. The van der Waals surface area contributed by atoms with E-state index < -0.39 is 0 Å². The highest BCUT2D eigenvalue weighted by molar-refractivity contribution is 6.13. The molecule has 0 aliphatic carbocycles. The van der Waals surface area contributed by atoms with Crippen molar-refractivity contribution in [1.29, 1.82) is 0 Å². The van der Waals surface area contributed by atoms with Gasteiger partial charge in [-0.3, -0.25) is 0 Å². The predicted octanol–water partition coefficient (Wildman–Crippen LogP) is 13.4. The number of furan rings is 1. The Morgan fingerprint density at radius 2 is 1.23 bits per heavy atom. The van der Waals surface area contributed by atoms with Crippen LogP contribution in [0.5, 0.6) is 0 Å². The van der Waals surface area contributed by atoms with Crippen LogP contribution in [0.25, 0.3) is 105 Å². The van der Waals surface area contributed by atoms with Gasteiger partial charge in [-0.05, 0) is 76.0 Å². The smallest absolute Gasteiger partial charge is 0.180 e. The lowest BCUT2D eigenvalue weighted by Crippen LogP contribution is -1.95. The van der Waals surface area contributed by atoms with E-state index in [1.807, 2.05) is 12.2 Å². The Morgan fingerprint density at radius 3 is 1.98 bits per heavy atom. The zero-order valence-corrected chi connectivity index (χ0v) is 29.1. The molecule has 0 fully saturated rings. The molecule has 0 spiro atoms. The lowest BCUT2D eigenvalue weighted by molar-refractivity contribution is 0.667. The van der Waals surface area contributed by atoms with E-state index in [0.29, 0.717) is 11.4 Å². The van der Waals surface area contributed by atoms with Crippen molar-refractivity contribution < 1.29 is 4.42 Å². The summed E-state index contributed by atoms with van der Waals surface area (Å²) in [5.41, 5.74) is 10.7. The fourth-order valence-corrected chi connectivity index (χ4v) is 7.88. The second-order valence-corrected chi connectivity index (χ2v) is 13.3. The van der Waals surface area contributed by atoms with Gasteiger partial charge in [-0.15, -0.1) is 0 Å². The first-order chi connectivity index (χ1) is 26.2. The summed E-state index contributed by atoms with van der Waals surface area (Å²) in [4.78, 5) is 10.6. The minimum absolute atomic E-state index is 0.671. The fourth-order valence-electron chi connectivity index (χ4n) is 7.88. The third-order valence-electron chi connectivity index (χ3n) is 10.4. The van der Waals surface area contributed by atoms with Crippen LogP contribution in [0.4, 0.5) is 0 Å². The number of benzene rings is 7. The van der Waals surface area contributed by atoms with Gasteiger partial charge in [-0.25, -0.2) is 9.97 Å². The summed E-state index contributed by atoms with van der Waals surface area (Å²) in [5, 5.41) is 7.88. The van der Waals surface area contributed by atoms with E-state index >= 15 is 0 Å². The zero-order chi connectivity index (χ0) is 35.5. The summed E-state index contributed by atoms with van der Waals surface area (Å²) >= 11 is 0. The minimum Gasteiger partial charge on any atom is -0.452 e. The summed E-state index contributed by atoms with van der Waals surface area (Å²) in [5.74, 6) is 0.671. The van der Waals surface area contributed by atoms with E-state index in [9.17, 15) is 0 Å². The average molecular weight is 680 g/mol. The SMILES string of the molecule is C=C/C=C\C(=C/C)n1c2ccccc2c2cc(-c3ccc4oc5c(-c6cccc7ccccc67)nc(-c6cccc7ccccc67)nc5c4c3)ccc21. The molecule has 3 heterocycles. The normalized spacial score (nSPS) is 12.4. The van der Waals surface area contributed by atoms with Crippen LogP contribution in [0.3, 0.4) is 0 Å². The lowest BCUT2D eigenvalue weighted by Gasteiger charge is -2.10. The van der Waals surface area contributed by atoms with E-state index in [0.717, 1.165) is 82.7 Å². The molecular formula is C49H33N3O. The lowest BCUT2D eigenvalue weighted by atomic mass is 9.99. The van der Waals surface area contributed by atoms with Crippen molar-refractivity contribution in [2.24, 2.45) is 0 Å². The van der Waals surface area contributed by atoms with Gasteiger partial charge in [0.2, 0.25) is 0 Å². The molecule has 0 radical (unpaired) electrons. The molecule has 10 rings (SSSR count). The first-order valence-corrected chi connectivity index (χ1v) is 17.9. The molecule has 0 unspecified atom stereocenters.